The molecule has 0 aromatic heterocycles. The monoisotopic (exact) mass is 302 g/mol. The van der Waals surface area contributed by atoms with E-state index in [1.165, 1.54) is 19.2 Å². The SMILES string of the molecule is COc1ccc(S(=O)(=O)NC(C#N)c2ccccc2)cc1. The quantitative estimate of drug-likeness (QED) is 0.918. The van der Waals surface area contributed by atoms with Crippen LogP contribution in [-0.2, 0) is 10.0 Å². The van der Waals surface area contributed by atoms with Crippen molar-refractivity contribution < 1.29 is 13.2 Å². The molecule has 1 N–H and O–H groups in total. The van der Waals surface area contributed by atoms with Crippen LogP contribution in [0.4, 0.5) is 0 Å². The molecule has 0 amide bonds. The van der Waals surface area contributed by atoms with Gasteiger partial charge in [0.25, 0.3) is 0 Å². The molecule has 0 heterocycles. The van der Waals surface area contributed by atoms with Crippen LogP contribution in [-0.4, -0.2) is 15.5 Å². The van der Waals surface area contributed by atoms with Gasteiger partial charge < -0.3 is 4.74 Å². The molecule has 0 aliphatic heterocycles. The number of sulfonamides is 1. The van der Waals surface area contributed by atoms with Crippen LogP contribution in [0.5, 0.6) is 5.75 Å². The Labute approximate surface area is 123 Å². The van der Waals surface area contributed by atoms with Gasteiger partial charge in [0.1, 0.15) is 11.8 Å². The summed E-state index contributed by atoms with van der Waals surface area (Å²) in [5.41, 5.74) is 0.595. The van der Waals surface area contributed by atoms with Crippen molar-refractivity contribution in [3.8, 4) is 11.8 Å². The molecule has 0 saturated carbocycles. The standard InChI is InChI=1S/C15H14N2O3S/c1-20-13-7-9-14(10-8-13)21(18,19)17-15(11-16)12-5-3-2-4-6-12/h2-10,15,17H,1H3. The van der Waals surface area contributed by atoms with E-state index in [1.54, 1.807) is 42.5 Å². The topological polar surface area (TPSA) is 79.2 Å². The van der Waals surface area contributed by atoms with Crippen LogP contribution in [0.2, 0.25) is 0 Å². The Morgan fingerprint density at radius 3 is 2.24 bits per heavy atom. The van der Waals surface area contributed by atoms with Gasteiger partial charge in [0.2, 0.25) is 10.0 Å². The van der Waals surface area contributed by atoms with Gasteiger partial charge in [-0.1, -0.05) is 30.3 Å². The summed E-state index contributed by atoms with van der Waals surface area (Å²) >= 11 is 0. The van der Waals surface area contributed by atoms with Crippen molar-refractivity contribution >= 4 is 10.0 Å². The highest BCUT2D eigenvalue weighted by atomic mass is 32.2. The van der Waals surface area contributed by atoms with Gasteiger partial charge in [0.15, 0.2) is 0 Å². The van der Waals surface area contributed by atoms with E-state index in [9.17, 15) is 13.7 Å². The minimum atomic E-state index is -3.77. The smallest absolute Gasteiger partial charge is 0.242 e. The van der Waals surface area contributed by atoms with Gasteiger partial charge in [-0.15, -0.1) is 0 Å². The van der Waals surface area contributed by atoms with Crippen molar-refractivity contribution in [2.45, 2.75) is 10.9 Å². The second kappa shape index (κ2) is 6.39. The van der Waals surface area contributed by atoms with Crippen LogP contribution < -0.4 is 9.46 Å². The molecule has 0 radical (unpaired) electrons. The summed E-state index contributed by atoms with van der Waals surface area (Å²) in [5, 5.41) is 9.17. The number of nitrogens with zero attached hydrogens (tertiary/aromatic N) is 1. The van der Waals surface area contributed by atoms with E-state index in [4.69, 9.17) is 4.74 Å². The lowest BCUT2D eigenvalue weighted by molar-refractivity contribution is 0.414. The third kappa shape index (κ3) is 3.60. The van der Waals surface area contributed by atoms with E-state index >= 15 is 0 Å². The highest BCUT2D eigenvalue weighted by Gasteiger charge is 2.21. The molecule has 2 rings (SSSR count). The molecule has 1 atom stereocenters. The highest BCUT2D eigenvalue weighted by molar-refractivity contribution is 7.89. The summed E-state index contributed by atoms with van der Waals surface area (Å²) < 4.78 is 31.9. The first-order valence-electron chi connectivity index (χ1n) is 6.18. The zero-order chi connectivity index (χ0) is 15.3. The number of ether oxygens (including phenoxy) is 1. The van der Waals surface area contributed by atoms with Crippen molar-refractivity contribution in [1.82, 2.24) is 4.72 Å². The first-order valence-corrected chi connectivity index (χ1v) is 7.66. The summed E-state index contributed by atoms with van der Waals surface area (Å²) in [5.74, 6) is 0.564. The second-order valence-corrected chi connectivity index (χ2v) is 5.98. The Morgan fingerprint density at radius 1 is 1.10 bits per heavy atom. The van der Waals surface area contributed by atoms with Crippen LogP contribution in [0.1, 0.15) is 11.6 Å². The number of hydrogen-bond donors (Lipinski definition) is 1. The van der Waals surface area contributed by atoms with Crippen molar-refractivity contribution in [3.05, 3.63) is 60.2 Å². The first kappa shape index (κ1) is 15.0. The molecule has 1 unspecified atom stereocenters. The number of benzene rings is 2. The number of nitriles is 1. The average molecular weight is 302 g/mol. The Bertz CT molecular complexity index is 735. The Balaban J connectivity index is 2.25. The third-order valence-electron chi connectivity index (χ3n) is 2.90. The fourth-order valence-corrected chi connectivity index (χ4v) is 2.92. The van der Waals surface area contributed by atoms with Gasteiger partial charge in [-0.25, -0.2) is 8.42 Å². The maximum atomic E-state index is 12.3. The number of hydrogen-bond acceptors (Lipinski definition) is 4. The molecule has 2 aromatic rings. The molecule has 5 nitrogen and oxygen atoms in total. The Hall–Kier alpha value is -2.36. The summed E-state index contributed by atoms with van der Waals surface area (Å²) in [4.78, 5) is 0.0829. The van der Waals surface area contributed by atoms with E-state index in [0.717, 1.165) is 0 Å². The van der Waals surface area contributed by atoms with Crippen molar-refractivity contribution in [2.75, 3.05) is 7.11 Å². The van der Waals surface area contributed by atoms with Gasteiger partial charge in [0, 0.05) is 0 Å². The van der Waals surface area contributed by atoms with Gasteiger partial charge in [-0.2, -0.15) is 9.98 Å². The maximum Gasteiger partial charge on any atom is 0.242 e. The lowest BCUT2D eigenvalue weighted by Gasteiger charge is -2.12. The van der Waals surface area contributed by atoms with Crippen LogP contribution in [0, 0.1) is 11.3 Å². The molecule has 0 spiro atoms. The Morgan fingerprint density at radius 2 is 1.71 bits per heavy atom. The van der Waals surface area contributed by atoms with E-state index < -0.39 is 16.1 Å². The van der Waals surface area contributed by atoms with Gasteiger partial charge in [-0.05, 0) is 29.8 Å². The molecule has 0 aliphatic rings. The van der Waals surface area contributed by atoms with E-state index in [0.29, 0.717) is 11.3 Å². The first-order chi connectivity index (χ1) is 10.1. The minimum absolute atomic E-state index is 0.0829. The Kier molecular flexibility index (Phi) is 4.58. The zero-order valence-electron chi connectivity index (χ0n) is 11.4. The number of methoxy groups -OCH3 is 1. The number of nitrogens with one attached hydrogen (secondary N) is 1. The van der Waals surface area contributed by atoms with Crippen LogP contribution in [0.3, 0.4) is 0 Å². The molecule has 0 fully saturated rings. The lowest BCUT2D eigenvalue weighted by atomic mass is 10.1. The van der Waals surface area contributed by atoms with Crippen molar-refractivity contribution in [2.24, 2.45) is 0 Å². The highest BCUT2D eigenvalue weighted by Crippen LogP contribution is 2.19. The van der Waals surface area contributed by atoms with Gasteiger partial charge in [-0.3, -0.25) is 0 Å². The summed E-state index contributed by atoms with van der Waals surface area (Å²) in [6.45, 7) is 0. The average Bonchev–Trinajstić information content (AvgIpc) is 2.53. The molecule has 0 bridgehead atoms. The van der Waals surface area contributed by atoms with Crippen molar-refractivity contribution in [1.29, 1.82) is 5.26 Å². The maximum absolute atomic E-state index is 12.3. The molecule has 0 aliphatic carbocycles. The predicted octanol–water partition coefficient (Wildman–Crippen LogP) is 2.24. The molecule has 108 valence electrons. The van der Waals surface area contributed by atoms with Crippen molar-refractivity contribution in [3.63, 3.8) is 0 Å². The van der Waals surface area contributed by atoms with E-state index in [2.05, 4.69) is 4.72 Å². The summed E-state index contributed by atoms with van der Waals surface area (Å²) in [6.07, 6.45) is 0. The molecule has 6 heteroatoms. The lowest BCUT2D eigenvalue weighted by Crippen LogP contribution is -2.27. The normalized spacial score (nSPS) is 12.4. The molecule has 21 heavy (non-hydrogen) atoms. The fraction of sp³-hybridized carbons (Fsp3) is 0.133. The van der Waals surface area contributed by atoms with E-state index in [-0.39, 0.29) is 4.90 Å². The van der Waals surface area contributed by atoms with Gasteiger partial charge >= 0.3 is 0 Å². The largest absolute Gasteiger partial charge is 0.497 e. The minimum Gasteiger partial charge on any atom is -0.497 e. The van der Waals surface area contributed by atoms with Gasteiger partial charge in [0.05, 0.1) is 18.1 Å². The molecule has 0 saturated heterocycles. The summed E-state index contributed by atoms with van der Waals surface area (Å²) in [6, 6.07) is 15.7. The number of rotatable bonds is 5. The van der Waals surface area contributed by atoms with E-state index in [1.807, 2.05) is 6.07 Å². The molecular weight excluding hydrogens is 288 g/mol. The van der Waals surface area contributed by atoms with Crippen LogP contribution in [0.15, 0.2) is 59.5 Å². The predicted molar refractivity (Wildman–Crippen MR) is 78.1 cm³/mol. The third-order valence-corrected chi connectivity index (χ3v) is 4.34. The summed E-state index contributed by atoms with van der Waals surface area (Å²) in [7, 11) is -2.27. The molecule has 2 aromatic carbocycles. The van der Waals surface area contributed by atoms with Crippen LogP contribution >= 0.6 is 0 Å². The zero-order valence-corrected chi connectivity index (χ0v) is 12.2. The molecular formula is C15H14N2O3S. The fourth-order valence-electron chi connectivity index (χ4n) is 1.79. The van der Waals surface area contributed by atoms with Crippen LogP contribution in [0.25, 0.3) is 0 Å². The second-order valence-electron chi connectivity index (χ2n) is 4.27.